The van der Waals surface area contributed by atoms with Crippen molar-refractivity contribution < 1.29 is 19.4 Å². The summed E-state index contributed by atoms with van der Waals surface area (Å²) in [5.74, 6) is 0.773. The second-order valence-corrected chi connectivity index (χ2v) is 5.38. The lowest BCUT2D eigenvalue weighted by Gasteiger charge is -2.05. The zero-order valence-corrected chi connectivity index (χ0v) is 13.9. The Labute approximate surface area is 141 Å². The molecular formula is C16H15BrN2O4. The number of amides is 1. The molecule has 0 aliphatic heterocycles. The summed E-state index contributed by atoms with van der Waals surface area (Å²) in [4.78, 5) is 11.7. The van der Waals surface area contributed by atoms with Gasteiger partial charge in [0.2, 0.25) is 0 Å². The fourth-order valence-electron chi connectivity index (χ4n) is 1.67. The number of aromatic hydroxyl groups is 1. The van der Waals surface area contributed by atoms with Crippen LogP contribution in [0.25, 0.3) is 0 Å². The Morgan fingerprint density at radius 1 is 1.30 bits per heavy atom. The number of benzene rings is 2. The van der Waals surface area contributed by atoms with E-state index in [-0.39, 0.29) is 12.4 Å². The SMILES string of the molecule is COc1ccc(O)c(/C=N/NC(=O)COc2cccc(Br)c2)c1. The van der Waals surface area contributed by atoms with Crippen LogP contribution in [0.5, 0.6) is 17.2 Å². The number of halogens is 1. The average Bonchev–Trinajstić information content (AvgIpc) is 2.55. The molecule has 1 amide bonds. The molecule has 0 aliphatic carbocycles. The lowest BCUT2D eigenvalue weighted by Crippen LogP contribution is -2.24. The number of hydrogen-bond acceptors (Lipinski definition) is 5. The molecule has 0 fully saturated rings. The summed E-state index contributed by atoms with van der Waals surface area (Å²) < 4.78 is 11.2. The summed E-state index contributed by atoms with van der Waals surface area (Å²) in [6, 6.07) is 11.9. The molecule has 7 heteroatoms. The molecule has 2 N–H and O–H groups in total. The van der Waals surface area contributed by atoms with Crippen LogP contribution in [0.3, 0.4) is 0 Å². The summed E-state index contributed by atoms with van der Waals surface area (Å²) in [6.45, 7) is -0.169. The van der Waals surface area contributed by atoms with Crippen LogP contribution >= 0.6 is 15.9 Å². The van der Waals surface area contributed by atoms with Gasteiger partial charge in [-0.15, -0.1) is 0 Å². The molecule has 0 atom stereocenters. The first kappa shape index (κ1) is 16.8. The van der Waals surface area contributed by atoms with E-state index in [2.05, 4.69) is 26.5 Å². The largest absolute Gasteiger partial charge is 0.507 e. The van der Waals surface area contributed by atoms with Gasteiger partial charge in [-0.05, 0) is 36.4 Å². The molecule has 0 aromatic heterocycles. The second-order valence-electron chi connectivity index (χ2n) is 4.46. The molecule has 0 radical (unpaired) electrons. The Kier molecular flexibility index (Phi) is 5.99. The molecule has 0 saturated heterocycles. The second kappa shape index (κ2) is 8.19. The van der Waals surface area contributed by atoms with Gasteiger partial charge < -0.3 is 14.6 Å². The van der Waals surface area contributed by atoms with Gasteiger partial charge in [0.1, 0.15) is 17.2 Å². The maximum Gasteiger partial charge on any atom is 0.277 e. The third-order valence-electron chi connectivity index (χ3n) is 2.79. The van der Waals surface area contributed by atoms with Crippen LogP contribution in [0, 0.1) is 0 Å². The predicted molar refractivity (Wildman–Crippen MR) is 90.0 cm³/mol. The van der Waals surface area contributed by atoms with Crippen molar-refractivity contribution in [1.29, 1.82) is 0 Å². The average molecular weight is 379 g/mol. The van der Waals surface area contributed by atoms with Gasteiger partial charge in [-0.2, -0.15) is 5.10 Å². The minimum Gasteiger partial charge on any atom is -0.507 e. The number of methoxy groups -OCH3 is 1. The Balaban J connectivity index is 1.86. The summed E-state index contributed by atoms with van der Waals surface area (Å²) in [7, 11) is 1.52. The predicted octanol–water partition coefficient (Wildman–Crippen LogP) is 2.69. The number of rotatable bonds is 6. The molecule has 0 unspecified atom stereocenters. The number of carbonyl (C=O) groups is 1. The van der Waals surface area contributed by atoms with Crippen LogP contribution in [0.2, 0.25) is 0 Å². The van der Waals surface area contributed by atoms with Crippen molar-refractivity contribution in [3.05, 3.63) is 52.5 Å². The van der Waals surface area contributed by atoms with Crippen LogP contribution < -0.4 is 14.9 Å². The maximum absolute atomic E-state index is 11.7. The molecule has 0 heterocycles. The highest BCUT2D eigenvalue weighted by molar-refractivity contribution is 9.10. The van der Waals surface area contributed by atoms with Gasteiger partial charge in [0.25, 0.3) is 5.91 Å². The van der Waals surface area contributed by atoms with Gasteiger partial charge in [-0.3, -0.25) is 4.79 Å². The topological polar surface area (TPSA) is 80.2 Å². The quantitative estimate of drug-likeness (QED) is 0.598. The van der Waals surface area contributed by atoms with E-state index < -0.39 is 5.91 Å². The first-order valence-electron chi connectivity index (χ1n) is 6.66. The van der Waals surface area contributed by atoms with Gasteiger partial charge in [0.05, 0.1) is 13.3 Å². The molecular weight excluding hydrogens is 364 g/mol. The third-order valence-corrected chi connectivity index (χ3v) is 3.29. The number of ether oxygens (including phenoxy) is 2. The summed E-state index contributed by atoms with van der Waals surface area (Å²) in [6.07, 6.45) is 1.33. The van der Waals surface area contributed by atoms with Crippen LogP contribution in [-0.4, -0.2) is 30.9 Å². The number of hydrazone groups is 1. The Morgan fingerprint density at radius 3 is 2.87 bits per heavy atom. The fraction of sp³-hybridized carbons (Fsp3) is 0.125. The van der Waals surface area contributed by atoms with Crippen molar-refractivity contribution >= 4 is 28.1 Å². The summed E-state index contributed by atoms with van der Waals surface area (Å²) >= 11 is 3.32. The van der Waals surface area contributed by atoms with E-state index in [9.17, 15) is 9.90 Å². The Bertz CT molecular complexity index is 719. The van der Waals surface area contributed by atoms with Crippen molar-refractivity contribution in [1.82, 2.24) is 5.43 Å². The minimum absolute atomic E-state index is 0.0363. The first-order chi connectivity index (χ1) is 11.1. The zero-order chi connectivity index (χ0) is 16.7. The Hall–Kier alpha value is -2.54. The van der Waals surface area contributed by atoms with Gasteiger partial charge in [-0.25, -0.2) is 5.43 Å². The van der Waals surface area contributed by atoms with E-state index in [4.69, 9.17) is 9.47 Å². The number of phenols is 1. The molecule has 0 saturated carbocycles. The third kappa shape index (κ3) is 5.30. The zero-order valence-electron chi connectivity index (χ0n) is 12.3. The number of hydrogen-bond donors (Lipinski definition) is 2. The fourth-order valence-corrected chi connectivity index (χ4v) is 2.05. The molecule has 0 bridgehead atoms. The van der Waals surface area contributed by atoms with Crippen LogP contribution in [0.15, 0.2) is 52.0 Å². The molecule has 2 aromatic rings. The molecule has 120 valence electrons. The Morgan fingerprint density at radius 2 is 2.13 bits per heavy atom. The van der Waals surface area contributed by atoms with Gasteiger partial charge in [0.15, 0.2) is 6.61 Å². The van der Waals surface area contributed by atoms with Gasteiger partial charge >= 0.3 is 0 Å². The number of carbonyl (C=O) groups excluding carboxylic acids is 1. The molecule has 23 heavy (non-hydrogen) atoms. The van der Waals surface area contributed by atoms with E-state index in [0.717, 1.165) is 4.47 Å². The lowest BCUT2D eigenvalue weighted by atomic mass is 10.2. The van der Waals surface area contributed by atoms with Crippen LogP contribution in [0.4, 0.5) is 0 Å². The molecule has 6 nitrogen and oxygen atoms in total. The van der Waals surface area contributed by atoms with Crippen molar-refractivity contribution in [3.8, 4) is 17.2 Å². The van der Waals surface area contributed by atoms with E-state index in [1.54, 1.807) is 30.3 Å². The maximum atomic E-state index is 11.7. The minimum atomic E-state index is -0.413. The van der Waals surface area contributed by atoms with Crippen LogP contribution in [0.1, 0.15) is 5.56 Å². The number of phenolic OH excluding ortho intramolecular Hbond substituents is 1. The van der Waals surface area contributed by atoms with E-state index in [1.165, 1.54) is 19.4 Å². The number of nitrogens with one attached hydrogen (secondary N) is 1. The van der Waals surface area contributed by atoms with Crippen molar-refractivity contribution in [2.24, 2.45) is 5.10 Å². The van der Waals surface area contributed by atoms with Gasteiger partial charge in [-0.1, -0.05) is 22.0 Å². The summed E-state index contributed by atoms with van der Waals surface area (Å²) in [5.41, 5.74) is 2.75. The van der Waals surface area contributed by atoms with Crippen LogP contribution in [-0.2, 0) is 4.79 Å². The lowest BCUT2D eigenvalue weighted by molar-refractivity contribution is -0.123. The molecule has 2 rings (SSSR count). The number of nitrogens with zero attached hydrogens (tertiary/aromatic N) is 1. The first-order valence-corrected chi connectivity index (χ1v) is 7.45. The molecule has 0 spiro atoms. The van der Waals surface area contributed by atoms with E-state index in [0.29, 0.717) is 17.1 Å². The van der Waals surface area contributed by atoms with E-state index in [1.807, 2.05) is 6.07 Å². The van der Waals surface area contributed by atoms with Crippen molar-refractivity contribution in [2.45, 2.75) is 0 Å². The monoisotopic (exact) mass is 378 g/mol. The molecule has 2 aromatic carbocycles. The van der Waals surface area contributed by atoms with Gasteiger partial charge in [0, 0.05) is 10.0 Å². The highest BCUT2D eigenvalue weighted by Gasteiger charge is 2.03. The normalized spacial score (nSPS) is 10.5. The van der Waals surface area contributed by atoms with E-state index >= 15 is 0 Å². The highest BCUT2D eigenvalue weighted by Crippen LogP contribution is 2.21. The summed E-state index contributed by atoms with van der Waals surface area (Å²) in [5, 5.41) is 13.5. The highest BCUT2D eigenvalue weighted by atomic mass is 79.9. The molecule has 0 aliphatic rings. The van der Waals surface area contributed by atoms with Crippen molar-refractivity contribution in [2.75, 3.05) is 13.7 Å². The standard InChI is InChI=1S/C16H15BrN2O4/c1-22-13-5-6-15(20)11(7-13)9-18-19-16(21)10-23-14-4-2-3-12(17)8-14/h2-9,20H,10H2,1H3,(H,19,21)/b18-9+. The smallest absolute Gasteiger partial charge is 0.277 e. The van der Waals surface area contributed by atoms with Crippen molar-refractivity contribution in [3.63, 3.8) is 0 Å².